The number of halogens is 1. The van der Waals surface area contributed by atoms with Crippen molar-refractivity contribution in [3.05, 3.63) is 21.7 Å². The van der Waals surface area contributed by atoms with Crippen molar-refractivity contribution in [3.8, 4) is 5.75 Å². The molecule has 5 heteroatoms. The van der Waals surface area contributed by atoms with E-state index in [1.54, 1.807) is 0 Å². The van der Waals surface area contributed by atoms with Crippen molar-refractivity contribution in [1.29, 1.82) is 0 Å². The van der Waals surface area contributed by atoms with Gasteiger partial charge in [-0.1, -0.05) is 15.9 Å². The van der Waals surface area contributed by atoms with Crippen LogP contribution in [0.4, 0.5) is 5.69 Å². The number of rotatable bonds is 1. The molecule has 1 amide bonds. The summed E-state index contributed by atoms with van der Waals surface area (Å²) < 4.78 is 6.56. The first kappa shape index (κ1) is 11.4. The molecule has 0 aromatic heterocycles. The molecule has 0 fully saturated rings. The van der Waals surface area contributed by atoms with Crippen LogP contribution in [0.3, 0.4) is 0 Å². The first-order chi connectivity index (χ1) is 7.54. The summed E-state index contributed by atoms with van der Waals surface area (Å²) in [5.41, 5.74) is 8.15. The third-order valence-corrected chi connectivity index (χ3v) is 3.50. The summed E-state index contributed by atoms with van der Waals surface area (Å²) in [7, 11) is 0. The predicted octanol–water partition coefficient (Wildman–Crippen LogP) is 1.72. The van der Waals surface area contributed by atoms with Gasteiger partial charge in [-0.2, -0.15) is 0 Å². The van der Waals surface area contributed by atoms with Crippen molar-refractivity contribution < 1.29 is 9.53 Å². The first-order valence-corrected chi connectivity index (χ1v) is 5.81. The fourth-order valence-electron chi connectivity index (χ4n) is 1.71. The van der Waals surface area contributed by atoms with E-state index in [9.17, 15) is 4.79 Å². The highest BCUT2D eigenvalue weighted by Gasteiger charge is 2.29. The molecule has 0 bridgehead atoms. The smallest absolute Gasteiger partial charge is 0.266 e. The molecular weight excluding hydrogens is 272 g/mol. The maximum atomic E-state index is 11.6. The van der Waals surface area contributed by atoms with Crippen molar-refractivity contribution in [3.63, 3.8) is 0 Å². The van der Waals surface area contributed by atoms with E-state index in [1.807, 2.05) is 19.9 Å². The number of benzene rings is 1. The lowest BCUT2D eigenvalue weighted by atomic mass is 10.1. The van der Waals surface area contributed by atoms with Gasteiger partial charge in [-0.25, -0.2) is 0 Å². The molecule has 4 nitrogen and oxygen atoms in total. The molecule has 1 aromatic rings. The van der Waals surface area contributed by atoms with Crippen LogP contribution in [0.2, 0.25) is 0 Å². The van der Waals surface area contributed by atoms with Crippen LogP contribution in [0, 0.1) is 13.8 Å². The minimum Gasteiger partial charge on any atom is -0.477 e. The number of amides is 1. The Morgan fingerprint density at radius 2 is 2.25 bits per heavy atom. The summed E-state index contributed by atoms with van der Waals surface area (Å²) >= 11 is 3.45. The zero-order valence-electron chi connectivity index (χ0n) is 9.13. The molecule has 1 aliphatic rings. The number of anilines is 1. The second-order valence-electron chi connectivity index (χ2n) is 3.84. The molecule has 1 unspecified atom stereocenters. The highest BCUT2D eigenvalue weighted by atomic mass is 79.9. The Labute approximate surface area is 102 Å². The zero-order valence-corrected chi connectivity index (χ0v) is 10.7. The molecule has 0 saturated heterocycles. The monoisotopic (exact) mass is 284 g/mol. The first-order valence-electron chi connectivity index (χ1n) is 5.02. The number of carbonyl (C=O) groups excluding carboxylic acids is 1. The average molecular weight is 285 g/mol. The molecule has 1 heterocycles. The van der Waals surface area contributed by atoms with Gasteiger partial charge in [-0.05, 0) is 31.0 Å². The molecule has 0 radical (unpaired) electrons. The molecule has 1 aliphatic heterocycles. The van der Waals surface area contributed by atoms with Gasteiger partial charge in [0.05, 0.1) is 5.69 Å². The second kappa shape index (κ2) is 4.07. The van der Waals surface area contributed by atoms with E-state index in [-0.39, 0.29) is 12.5 Å². The largest absolute Gasteiger partial charge is 0.477 e. The van der Waals surface area contributed by atoms with Gasteiger partial charge >= 0.3 is 0 Å². The van der Waals surface area contributed by atoms with Gasteiger partial charge in [0, 0.05) is 11.0 Å². The maximum absolute atomic E-state index is 11.6. The van der Waals surface area contributed by atoms with Crippen molar-refractivity contribution in [2.75, 3.05) is 11.9 Å². The van der Waals surface area contributed by atoms with Crippen molar-refractivity contribution in [1.82, 2.24) is 0 Å². The predicted molar refractivity (Wildman–Crippen MR) is 65.7 cm³/mol. The van der Waals surface area contributed by atoms with Crippen LogP contribution in [-0.4, -0.2) is 18.6 Å². The SMILES string of the molecule is Cc1cc(Br)c(C)c2c1OC(CN)C(=O)N2. The summed E-state index contributed by atoms with van der Waals surface area (Å²) in [6.45, 7) is 4.04. The van der Waals surface area contributed by atoms with Crippen molar-refractivity contribution in [2.45, 2.75) is 20.0 Å². The molecule has 2 rings (SSSR count). The van der Waals surface area contributed by atoms with Crippen LogP contribution in [-0.2, 0) is 4.79 Å². The number of nitrogens with two attached hydrogens (primary N) is 1. The van der Waals surface area contributed by atoms with E-state index in [0.717, 1.165) is 27.0 Å². The van der Waals surface area contributed by atoms with Gasteiger partial charge < -0.3 is 15.8 Å². The molecule has 1 atom stereocenters. The molecular formula is C11H13BrN2O2. The van der Waals surface area contributed by atoms with Crippen LogP contribution in [0.15, 0.2) is 10.5 Å². The van der Waals surface area contributed by atoms with Crippen LogP contribution in [0.25, 0.3) is 0 Å². The van der Waals surface area contributed by atoms with Gasteiger partial charge in [-0.3, -0.25) is 4.79 Å². The minimum absolute atomic E-state index is 0.180. The Kier molecular flexibility index (Phi) is 2.90. The lowest BCUT2D eigenvalue weighted by Gasteiger charge is -2.28. The number of nitrogens with one attached hydrogen (secondary N) is 1. The average Bonchev–Trinajstić information content (AvgIpc) is 2.25. The molecule has 16 heavy (non-hydrogen) atoms. The summed E-state index contributed by atoms with van der Waals surface area (Å²) in [6, 6.07) is 1.97. The van der Waals surface area contributed by atoms with Gasteiger partial charge in [0.2, 0.25) is 0 Å². The molecule has 86 valence electrons. The lowest BCUT2D eigenvalue weighted by Crippen LogP contribution is -2.42. The lowest BCUT2D eigenvalue weighted by molar-refractivity contribution is -0.123. The fourth-order valence-corrected chi connectivity index (χ4v) is 2.25. The number of aryl methyl sites for hydroxylation is 1. The van der Waals surface area contributed by atoms with Crippen LogP contribution in [0.1, 0.15) is 11.1 Å². The van der Waals surface area contributed by atoms with E-state index in [4.69, 9.17) is 10.5 Å². The summed E-state index contributed by atoms with van der Waals surface area (Å²) in [5, 5.41) is 2.84. The summed E-state index contributed by atoms with van der Waals surface area (Å²) in [4.78, 5) is 11.6. The third kappa shape index (κ3) is 1.70. The van der Waals surface area contributed by atoms with Gasteiger partial charge in [-0.15, -0.1) is 0 Å². The maximum Gasteiger partial charge on any atom is 0.266 e. The van der Waals surface area contributed by atoms with E-state index < -0.39 is 6.10 Å². The highest BCUT2D eigenvalue weighted by Crippen LogP contribution is 2.39. The fraction of sp³-hybridized carbons (Fsp3) is 0.364. The van der Waals surface area contributed by atoms with Crippen LogP contribution in [0.5, 0.6) is 5.75 Å². The molecule has 0 aliphatic carbocycles. The second-order valence-corrected chi connectivity index (χ2v) is 4.69. The number of ether oxygens (including phenoxy) is 1. The molecule has 3 N–H and O–H groups in total. The Hall–Kier alpha value is -1.07. The quantitative estimate of drug-likeness (QED) is 0.825. The number of hydrogen-bond acceptors (Lipinski definition) is 3. The van der Waals surface area contributed by atoms with E-state index in [1.165, 1.54) is 0 Å². The van der Waals surface area contributed by atoms with Crippen LogP contribution < -0.4 is 15.8 Å². The topological polar surface area (TPSA) is 64.3 Å². The summed E-state index contributed by atoms with van der Waals surface area (Å²) in [5.74, 6) is 0.534. The molecule has 0 saturated carbocycles. The third-order valence-electron chi connectivity index (χ3n) is 2.68. The highest BCUT2D eigenvalue weighted by molar-refractivity contribution is 9.10. The van der Waals surface area contributed by atoms with Gasteiger partial charge in [0.25, 0.3) is 5.91 Å². The normalized spacial score (nSPS) is 18.8. The zero-order chi connectivity index (χ0) is 11.9. The molecule has 0 spiro atoms. The Morgan fingerprint density at radius 3 is 2.88 bits per heavy atom. The van der Waals surface area contributed by atoms with E-state index >= 15 is 0 Å². The van der Waals surface area contributed by atoms with Crippen LogP contribution >= 0.6 is 15.9 Å². The summed E-state index contributed by atoms with van der Waals surface area (Å²) in [6.07, 6.45) is -0.591. The standard InChI is InChI=1S/C11H13BrN2O2/c1-5-3-7(12)6(2)9-10(5)16-8(4-13)11(15)14-9/h3,8H,4,13H2,1-2H3,(H,14,15). The van der Waals surface area contributed by atoms with Gasteiger partial charge in [0.1, 0.15) is 5.75 Å². The Bertz CT molecular complexity index is 460. The minimum atomic E-state index is -0.591. The Morgan fingerprint density at radius 1 is 1.56 bits per heavy atom. The number of carbonyl (C=O) groups is 1. The van der Waals surface area contributed by atoms with Crippen molar-refractivity contribution in [2.24, 2.45) is 5.73 Å². The van der Waals surface area contributed by atoms with Gasteiger partial charge in [0.15, 0.2) is 6.10 Å². The van der Waals surface area contributed by atoms with Crippen molar-refractivity contribution >= 4 is 27.5 Å². The number of fused-ring (bicyclic) bond motifs is 1. The van der Waals surface area contributed by atoms with E-state index in [2.05, 4.69) is 21.2 Å². The molecule has 1 aromatic carbocycles. The van der Waals surface area contributed by atoms with E-state index in [0.29, 0.717) is 0 Å². The number of hydrogen-bond donors (Lipinski definition) is 2. The Balaban J connectivity index is 2.54.